The lowest BCUT2D eigenvalue weighted by atomic mass is 10.2. The Balaban J connectivity index is 1.77. The summed E-state index contributed by atoms with van der Waals surface area (Å²) < 4.78 is 7.14. The fourth-order valence-corrected chi connectivity index (χ4v) is 2.29. The van der Waals surface area contributed by atoms with Crippen molar-refractivity contribution in [1.82, 2.24) is 24.9 Å². The normalized spacial score (nSPS) is 10.7. The molecule has 0 saturated heterocycles. The molecule has 0 spiro atoms. The number of benzene rings is 1. The summed E-state index contributed by atoms with van der Waals surface area (Å²) in [5, 5.41) is 11.4. The molecular formula is C15H14ClN5O2. The first-order valence-corrected chi connectivity index (χ1v) is 7.42. The molecule has 0 radical (unpaired) electrons. The van der Waals surface area contributed by atoms with E-state index in [4.69, 9.17) is 16.3 Å². The second-order valence-corrected chi connectivity index (χ2v) is 5.10. The number of amides is 1. The van der Waals surface area contributed by atoms with Crippen LogP contribution in [0.25, 0.3) is 5.65 Å². The van der Waals surface area contributed by atoms with Crippen molar-refractivity contribution in [3.8, 4) is 5.88 Å². The zero-order valence-corrected chi connectivity index (χ0v) is 13.1. The van der Waals surface area contributed by atoms with Gasteiger partial charge in [-0.05, 0) is 25.1 Å². The topological polar surface area (TPSA) is 81.4 Å². The minimum Gasteiger partial charge on any atom is -0.475 e. The molecule has 3 aromatic rings. The number of hydrogen-bond acceptors (Lipinski definition) is 5. The average Bonchev–Trinajstić information content (AvgIpc) is 2.97. The van der Waals surface area contributed by atoms with Gasteiger partial charge >= 0.3 is 0 Å². The highest BCUT2D eigenvalue weighted by atomic mass is 35.5. The van der Waals surface area contributed by atoms with Crippen molar-refractivity contribution in [2.24, 2.45) is 0 Å². The van der Waals surface area contributed by atoms with Crippen molar-refractivity contribution in [3.05, 3.63) is 53.1 Å². The summed E-state index contributed by atoms with van der Waals surface area (Å²) in [6, 6.07) is 6.74. The maximum atomic E-state index is 12.1. The SMILES string of the molecule is CCOc1nccn2c(CNC(=O)c3cccc(Cl)c3)nnc12. The van der Waals surface area contributed by atoms with Crippen LogP contribution in [0.2, 0.25) is 5.02 Å². The number of nitrogens with one attached hydrogen (secondary N) is 1. The van der Waals surface area contributed by atoms with Gasteiger partial charge in [0, 0.05) is 23.0 Å². The number of aromatic nitrogens is 4. The Morgan fingerprint density at radius 3 is 3.04 bits per heavy atom. The van der Waals surface area contributed by atoms with Gasteiger partial charge < -0.3 is 10.1 Å². The molecule has 1 aromatic carbocycles. The molecule has 0 atom stereocenters. The molecule has 0 aliphatic heterocycles. The first-order chi connectivity index (χ1) is 11.2. The molecule has 23 heavy (non-hydrogen) atoms. The van der Waals surface area contributed by atoms with Crippen LogP contribution < -0.4 is 10.1 Å². The molecule has 1 amide bonds. The van der Waals surface area contributed by atoms with E-state index in [-0.39, 0.29) is 12.5 Å². The van der Waals surface area contributed by atoms with Crippen molar-refractivity contribution in [3.63, 3.8) is 0 Å². The number of halogens is 1. The maximum absolute atomic E-state index is 12.1. The van der Waals surface area contributed by atoms with Crippen LogP contribution in [-0.4, -0.2) is 32.1 Å². The van der Waals surface area contributed by atoms with Crippen LogP contribution in [0.5, 0.6) is 5.88 Å². The lowest BCUT2D eigenvalue weighted by Gasteiger charge is -2.05. The number of rotatable bonds is 5. The van der Waals surface area contributed by atoms with E-state index in [1.165, 1.54) is 0 Å². The first kappa shape index (κ1) is 15.2. The lowest BCUT2D eigenvalue weighted by Crippen LogP contribution is -2.24. The van der Waals surface area contributed by atoms with Crippen LogP contribution in [0, 0.1) is 0 Å². The molecule has 0 fully saturated rings. The molecule has 118 valence electrons. The van der Waals surface area contributed by atoms with Gasteiger partial charge in [0.2, 0.25) is 5.65 Å². The Morgan fingerprint density at radius 1 is 1.39 bits per heavy atom. The summed E-state index contributed by atoms with van der Waals surface area (Å²) >= 11 is 5.89. The highest BCUT2D eigenvalue weighted by Crippen LogP contribution is 2.15. The molecule has 3 rings (SSSR count). The zero-order chi connectivity index (χ0) is 16.2. The van der Waals surface area contributed by atoms with Gasteiger partial charge in [0.05, 0.1) is 13.2 Å². The minimum atomic E-state index is -0.233. The van der Waals surface area contributed by atoms with Gasteiger partial charge in [0.25, 0.3) is 11.8 Å². The van der Waals surface area contributed by atoms with Crippen molar-refractivity contribution in [2.75, 3.05) is 6.61 Å². The summed E-state index contributed by atoms with van der Waals surface area (Å²) in [5.74, 6) is 0.761. The van der Waals surface area contributed by atoms with Gasteiger partial charge in [-0.25, -0.2) is 4.98 Å². The van der Waals surface area contributed by atoms with Crippen LogP contribution in [-0.2, 0) is 6.54 Å². The molecule has 8 heteroatoms. The molecule has 7 nitrogen and oxygen atoms in total. The number of carbonyl (C=O) groups excluding carboxylic acids is 1. The summed E-state index contributed by atoms with van der Waals surface area (Å²) in [7, 11) is 0. The molecule has 1 N–H and O–H groups in total. The number of nitrogens with zero attached hydrogens (tertiary/aromatic N) is 4. The lowest BCUT2D eigenvalue weighted by molar-refractivity contribution is 0.0950. The molecule has 2 aromatic heterocycles. The third kappa shape index (κ3) is 3.24. The van der Waals surface area contributed by atoms with Crippen LogP contribution >= 0.6 is 11.6 Å². The summed E-state index contributed by atoms with van der Waals surface area (Å²) in [5.41, 5.74) is 1.00. The predicted octanol–water partition coefficient (Wildman–Crippen LogP) is 2.11. The standard InChI is InChI=1S/C15H14ClN5O2/c1-2-23-15-13-20-19-12(21(13)7-6-17-15)9-18-14(22)10-4-3-5-11(16)8-10/h3-8H,2,9H2,1H3,(H,18,22). The number of fused-ring (bicyclic) bond motifs is 1. The van der Waals surface area contributed by atoms with Gasteiger partial charge in [-0.3, -0.25) is 9.20 Å². The maximum Gasteiger partial charge on any atom is 0.260 e. The van der Waals surface area contributed by atoms with E-state index in [1.807, 2.05) is 6.92 Å². The van der Waals surface area contributed by atoms with Gasteiger partial charge in [0.1, 0.15) is 0 Å². The molecule has 2 heterocycles. The quantitative estimate of drug-likeness (QED) is 0.774. The summed E-state index contributed by atoms with van der Waals surface area (Å²) in [4.78, 5) is 16.2. The smallest absolute Gasteiger partial charge is 0.260 e. The molecular weight excluding hydrogens is 318 g/mol. The Bertz CT molecular complexity index is 849. The molecule has 0 saturated carbocycles. The highest BCUT2D eigenvalue weighted by Gasteiger charge is 2.12. The fourth-order valence-electron chi connectivity index (χ4n) is 2.10. The van der Waals surface area contributed by atoms with E-state index in [2.05, 4.69) is 20.5 Å². The van der Waals surface area contributed by atoms with Gasteiger partial charge in [-0.1, -0.05) is 17.7 Å². The average molecular weight is 332 g/mol. The van der Waals surface area contributed by atoms with Crippen molar-refractivity contribution >= 4 is 23.2 Å². The van der Waals surface area contributed by atoms with E-state index in [1.54, 1.807) is 41.1 Å². The molecule has 0 aliphatic rings. The fraction of sp³-hybridized carbons (Fsp3) is 0.200. The Labute approximate surface area is 137 Å². The second kappa shape index (κ2) is 6.62. The van der Waals surface area contributed by atoms with Crippen molar-refractivity contribution < 1.29 is 9.53 Å². The Hall–Kier alpha value is -2.67. The molecule has 0 unspecified atom stereocenters. The third-order valence-corrected chi connectivity index (χ3v) is 3.38. The van der Waals surface area contributed by atoms with E-state index in [0.717, 1.165) is 0 Å². The van der Waals surface area contributed by atoms with Gasteiger partial charge in [-0.15, -0.1) is 10.2 Å². The summed E-state index contributed by atoms with van der Waals surface area (Å²) in [6.45, 7) is 2.58. The van der Waals surface area contributed by atoms with Crippen LogP contribution in [0.3, 0.4) is 0 Å². The van der Waals surface area contributed by atoms with Crippen LogP contribution in [0.4, 0.5) is 0 Å². The molecule has 0 bridgehead atoms. The zero-order valence-electron chi connectivity index (χ0n) is 12.4. The largest absolute Gasteiger partial charge is 0.475 e. The first-order valence-electron chi connectivity index (χ1n) is 7.04. The Kier molecular flexibility index (Phi) is 4.38. The van der Waals surface area contributed by atoms with E-state index in [0.29, 0.717) is 34.5 Å². The van der Waals surface area contributed by atoms with Crippen LogP contribution in [0.15, 0.2) is 36.7 Å². The van der Waals surface area contributed by atoms with Crippen molar-refractivity contribution in [1.29, 1.82) is 0 Å². The second-order valence-electron chi connectivity index (χ2n) is 4.67. The van der Waals surface area contributed by atoms with Gasteiger partial charge in [-0.2, -0.15) is 0 Å². The van der Waals surface area contributed by atoms with Gasteiger partial charge in [0.15, 0.2) is 5.82 Å². The predicted molar refractivity (Wildman–Crippen MR) is 84.6 cm³/mol. The highest BCUT2D eigenvalue weighted by molar-refractivity contribution is 6.30. The van der Waals surface area contributed by atoms with Crippen molar-refractivity contribution in [2.45, 2.75) is 13.5 Å². The minimum absolute atomic E-state index is 0.224. The number of hydrogen-bond donors (Lipinski definition) is 1. The number of carbonyl (C=O) groups is 1. The molecule has 0 aliphatic carbocycles. The monoisotopic (exact) mass is 331 g/mol. The van der Waals surface area contributed by atoms with Crippen LogP contribution in [0.1, 0.15) is 23.1 Å². The number of ether oxygens (including phenoxy) is 1. The van der Waals surface area contributed by atoms with E-state index < -0.39 is 0 Å². The summed E-state index contributed by atoms with van der Waals surface area (Å²) in [6.07, 6.45) is 3.32. The third-order valence-electron chi connectivity index (χ3n) is 3.14. The Morgan fingerprint density at radius 2 is 2.26 bits per heavy atom. The van der Waals surface area contributed by atoms with E-state index in [9.17, 15) is 4.79 Å². The van der Waals surface area contributed by atoms with E-state index >= 15 is 0 Å².